The van der Waals surface area contributed by atoms with Gasteiger partial charge in [0, 0.05) is 12.1 Å². The monoisotopic (exact) mass is 263 g/mol. The highest BCUT2D eigenvalue weighted by Crippen LogP contribution is 2.10. The highest BCUT2D eigenvalue weighted by Gasteiger charge is 2.12. The van der Waals surface area contributed by atoms with Crippen molar-refractivity contribution in [3.05, 3.63) is 35.1 Å². The minimum Gasteiger partial charge on any atom is -0.384 e. The number of nitrogens with one attached hydrogen (secondary N) is 1. The van der Waals surface area contributed by atoms with Crippen molar-refractivity contribution in [2.75, 3.05) is 13.2 Å². The van der Waals surface area contributed by atoms with Gasteiger partial charge in [0.15, 0.2) is 0 Å². The second-order valence-electron chi connectivity index (χ2n) is 4.38. The fourth-order valence-electron chi connectivity index (χ4n) is 1.43. The summed E-state index contributed by atoms with van der Waals surface area (Å²) in [6, 6.07) is 4.16. The topological polar surface area (TPSA) is 49.3 Å². The molecule has 0 aliphatic carbocycles. The van der Waals surface area contributed by atoms with Crippen LogP contribution in [0.25, 0.3) is 0 Å². The maximum atomic E-state index is 13.7. The van der Waals surface area contributed by atoms with E-state index in [4.69, 9.17) is 5.11 Å². The summed E-state index contributed by atoms with van der Waals surface area (Å²) in [5, 5.41) is 11.3. The Morgan fingerprint density at radius 2 is 2.26 bits per heavy atom. The number of carbonyl (C=O) groups excluding carboxylic acids is 1. The zero-order chi connectivity index (χ0) is 14.3. The van der Waals surface area contributed by atoms with Crippen LogP contribution in [-0.4, -0.2) is 24.2 Å². The van der Waals surface area contributed by atoms with Crippen LogP contribution in [-0.2, 0) is 0 Å². The Balaban J connectivity index is 2.76. The molecule has 0 radical (unpaired) electrons. The lowest BCUT2D eigenvalue weighted by Gasteiger charge is -2.10. The third-order valence-electron chi connectivity index (χ3n) is 2.83. The van der Waals surface area contributed by atoms with Gasteiger partial charge in [0.25, 0.3) is 5.91 Å². The first kappa shape index (κ1) is 15.2. The molecule has 0 aliphatic heterocycles. The zero-order valence-electron chi connectivity index (χ0n) is 11.2. The predicted octanol–water partition coefficient (Wildman–Crippen LogP) is 1.95. The van der Waals surface area contributed by atoms with Gasteiger partial charge in [-0.05, 0) is 24.1 Å². The van der Waals surface area contributed by atoms with Crippen LogP contribution in [0.4, 0.5) is 4.39 Å². The Kier molecular flexibility index (Phi) is 6.04. The Morgan fingerprint density at radius 1 is 1.53 bits per heavy atom. The molecule has 1 aromatic carbocycles. The lowest BCUT2D eigenvalue weighted by molar-refractivity contribution is 0.0944. The zero-order valence-corrected chi connectivity index (χ0v) is 11.2. The van der Waals surface area contributed by atoms with Gasteiger partial charge in [-0.1, -0.05) is 32.1 Å². The van der Waals surface area contributed by atoms with Gasteiger partial charge in [-0.3, -0.25) is 4.79 Å². The molecular formula is C15H18FNO2. The van der Waals surface area contributed by atoms with Crippen molar-refractivity contribution in [2.45, 2.75) is 20.3 Å². The first-order valence-electron chi connectivity index (χ1n) is 6.26. The first-order chi connectivity index (χ1) is 9.08. The average molecular weight is 263 g/mol. The summed E-state index contributed by atoms with van der Waals surface area (Å²) in [6.07, 6.45) is 0.957. The molecule has 0 saturated carbocycles. The smallest absolute Gasteiger partial charge is 0.254 e. The van der Waals surface area contributed by atoms with Crippen molar-refractivity contribution in [1.82, 2.24) is 5.32 Å². The number of hydrogen-bond donors (Lipinski definition) is 2. The molecule has 0 bridgehead atoms. The summed E-state index contributed by atoms with van der Waals surface area (Å²) in [5.74, 6) is 4.36. The lowest BCUT2D eigenvalue weighted by atomic mass is 10.1. The standard InChI is InChI=1S/C15H18FNO2/c1-3-11(2)10-17-15(19)13-7-6-12(5-4-8-18)9-14(13)16/h6-7,9,11,18H,3,8,10H2,1-2H3,(H,17,19). The quantitative estimate of drug-likeness (QED) is 0.816. The maximum Gasteiger partial charge on any atom is 0.254 e. The number of hydrogen-bond acceptors (Lipinski definition) is 2. The largest absolute Gasteiger partial charge is 0.384 e. The molecule has 0 aliphatic rings. The molecule has 1 unspecified atom stereocenters. The Bertz CT molecular complexity index is 503. The van der Waals surface area contributed by atoms with Crippen molar-refractivity contribution in [3.63, 3.8) is 0 Å². The summed E-state index contributed by atoms with van der Waals surface area (Å²) in [7, 11) is 0. The number of aliphatic hydroxyl groups is 1. The van der Waals surface area contributed by atoms with E-state index in [2.05, 4.69) is 17.2 Å². The molecule has 0 heterocycles. The fourth-order valence-corrected chi connectivity index (χ4v) is 1.43. The van der Waals surface area contributed by atoms with Gasteiger partial charge in [0.05, 0.1) is 5.56 Å². The molecule has 0 spiro atoms. The van der Waals surface area contributed by atoms with Crippen molar-refractivity contribution in [1.29, 1.82) is 0 Å². The molecule has 2 N–H and O–H groups in total. The van der Waals surface area contributed by atoms with E-state index in [1.165, 1.54) is 12.1 Å². The Labute approximate surface area is 112 Å². The normalized spacial score (nSPS) is 11.4. The summed E-state index contributed by atoms with van der Waals surface area (Å²) in [5.41, 5.74) is 0.447. The van der Waals surface area contributed by atoms with Gasteiger partial charge in [-0.2, -0.15) is 0 Å². The number of carbonyl (C=O) groups is 1. The van der Waals surface area contributed by atoms with E-state index in [1.54, 1.807) is 6.07 Å². The molecule has 0 saturated heterocycles. The van der Waals surface area contributed by atoms with Gasteiger partial charge in [0.2, 0.25) is 0 Å². The van der Waals surface area contributed by atoms with Crippen LogP contribution >= 0.6 is 0 Å². The average Bonchev–Trinajstić information content (AvgIpc) is 2.42. The SMILES string of the molecule is CCC(C)CNC(=O)c1ccc(C#CCO)cc1F. The van der Waals surface area contributed by atoms with Crippen molar-refractivity contribution >= 4 is 5.91 Å². The summed E-state index contributed by atoms with van der Waals surface area (Å²) in [4.78, 5) is 11.8. The number of aliphatic hydroxyl groups excluding tert-OH is 1. The highest BCUT2D eigenvalue weighted by atomic mass is 19.1. The van der Waals surface area contributed by atoms with Crippen LogP contribution in [0, 0.1) is 23.6 Å². The van der Waals surface area contributed by atoms with Crippen LogP contribution < -0.4 is 5.32 Å². The lowest BCUT2D eigenvalue weighted by Crippen LogP contribution is -2.28. The third kappa shape index (κ3) is 4.72. The minimum atomic E-state index is -0.605. The highest BCUT2D eigenvalue weighted by molar-refractivity contribution is 5.94. The number of rotatable bonds is 4. The first-order valence-corrected chi connectivity index (χ1v) is 6.26. The molecule has 1 aromatic rings. The van der Waals surface area contributed by atoms with E-state index < -0.39 is 11.7 Å². The predicted molar refractivity (Wildman–Crippen MR) is 72.2 cm³/mol. The number of amides is 1. The number of benzene rings is 1. The van der Waals surface area contributed by atoms with E-state index in [0.717, 1.165) is 6.42 Å². The maximum absolute atomic E-state index is 13.7. The molecule has 1 atom stereocenters. The summed E-state index contributed by atoms with van der Waals surface area (Å²) in [6.45, 7) is 4.30. The van der Waals surface area contributed by atoms with Crippen LogP contribution in [0.3, 0.4) is 0 Å². The van der Waals surface area contributed by atoms with Gasteiger partial charge in [-0.25, -0.2) is 4.39 Å². The van der Waals surface area contributed by atoms with E-state index in [-0.39, 0.29) is 12.2 Å². The van der Waals surface area contributed by atoms with Crippen molar-refractivity contribution < 1.29 is 14.3 Å². The number of halogens is 1. The van der Waals surface area contributed by atoms with Gasteiger partial charge in [-0.15, -0.1) is 0 Å². The molecular weight excluding hydrogens is 245 g/mol. The van der Waals surface area contributed by atoms with Crippen LogP contribution in [0.2, 0.25) is 0 Å². The van der Waals surface area contributed by atoms with Crippen LogP contribution in [0.1, 0.15) is 36.2 Å². The second kappa shape index (κ2) is 7.55. The molecule has 19 heavy (non-hydrogen) atoms. The molecule has 3 nitrogen and oxygen atoms in total. The van der Waals surface area contributed by atoms with Gasteiger partial charge < -0.3 is 10.4 Å². The van der Waals surface area contributed by atoms with E-state index >= 15 is 0 Å². The Hall–Kier alpha value is -1.86. The summed E-state index contributed by atoms with van der Waals surface area (Å²) >= 11 is 0. The molecule has 4 heteroatoms. The van der Waals surface area contributed by atoms with E-state index in [0.29, 0.717) is 18.0 Å². The minimum absolute atomic E-state index is 0.0119. The van der Waals surface area contributed by atoms with E-state index in [9.17, 15) is 9.18 Å². The van der Waals surface area contributed by atoms with Crippen molar-refractivity contribution in [2.24, 2.45) is 5.92 Å². The fraction of sp³-hybridized carbons (Fsp3) is 0.400. The molecule has 0 fully saturated rings. The van der Waals surface area contributed by atoms with Crippen LogP contribution in [0.15, 0.2) is 18.2 Å². The van der Waals surface area contributed by atoms with Gasteiger partial charge in [0.1, 0.15) is 12.4 Å². The molecule has 102 valence electrons. The van der Waals surface area contributed by atoms with Gasteiger partial charge >= 0.3 is 0 Å². The Morgan fingerprint density at radius 3 is 2.84 bits per heavy atom. The van der Waals surface area contributed by atoms with Crippen molar-refractivity contribution in [3.8, 4) is 11.8 Å². The molecule has 0 aromatic heterocycles. The third-order valence-corrected chi connectivity index (χ3v) is 2.83. The second-order valence-corrected chi connectivity index (χ2v) is 4.38. The molecule has 1 amide bonds. The summed E-state index contributed by atoms with van der Waals surface area (Å²) < 4.78 is 13.7. The van der Waals surface area contributed by atoms with Crippen LogP contribution in [0.5, 0.6) is 0 Å². The van der Waals surface area contributed by atoms with E-state index in [1.807, 2.05) is 13.8 Å². The molecule has 1 rings (SSSR count).